The van der Waals surface area contributed by atoms with E-state index in [1.807, 2.05) is 32.0 Å². The molecule has 0 saturated carbocycles. The highest BCUT2D eigenvalue weighted by molar-refractivity contribution is 7.90. The van der Waals surface area contributed by atoms with Crippen LogP contribution in [0.25, 0.3) is 11.5 Å². The van der Waals surface area contributed by atoms with Crippen molar-refractivity contribution in [1.82, 2.24) is 9.29 Å². The lowest BCUT2D eigenvalue weighted by atomic mass is 10.1. The number of aryl methyl sites for hydroxylation is 2. The van der Waals surface area contributed by atoms with E-state index in [9.17, 15) is 13.2 Å². The number of carbonyl (C=O) groups excluding carboxylic acids is 1. The summed E-state index contributed by atoms with van der Waals surface area (Å²) >= 11 is 0. The number of fused-ring (bicyclic) bond motifs is 1. The van der Waals surface area contributed by atoms with Crippen LogP contribution in [0, 0.1) is 13.8 Å². The number of nitrogens with zero attached hydrogens (tertiary/aromatic N) is 2. The fourth-order valence-corrected chi connectivity index (χ4v) is 4.63. The van der Waals surface area contributed by atoms with Gasteiger partial charge in [0.25, 0.3) is 15.9 Å². The molecule has 26 heavy (non-hydrogen) atoms. The number of rotatable bonds is 3. The van der Waals surface area contributed by atoms with Crippen LogP contribution in [0.15, 0.2) is 58.0 Å². The van der Waals surface area contributed by atoms with Gasteiger partial charge in [-0.15, -0.1) is 0 Å². The minimum atomic E-state index is -3.86. The summed E-state index contributed by atoms with van der Waals surface area (Å²) in [4.78, 5) is 16.9. The molecule has 3 aromatic rings. The van der Waals surface area contributed by atoms with Gasteiger partial charge in [-0.2, -0.15) is 0 Å². The number of benzene rings is 2. The van der Waals surface area contributed by atoms with Crippen LogP contribution in [0.5, 0.6) is 0 Å². The monoisotopic (exact) mass is 368 g/mol. The lowest BCUT2D eigenvalue weighted by molar-refractivity contribution is 0.0864. The van der Waals surface area contributed by atoms with E-state index in [0.29, 0.717) is 11.6 Å². The molecule has 7 heteroatoms. The fraction of sp³-hybridized carbons (Fsp3) is 0.158. The second kappa shape index (κ2) is 5.81. The Morgan fingerprint density at radius 3 is 2.58 bits per heavy atom. The van der Waals surface area contributed by atoms with Gasteiger partial charge in [-0.1, -0.05) is 29.8 Å². The molecule has 2 aromatic carbocycles. The lowest BCUT2D eigenvalue weighted by Gasteiger charge is -2.12. The van der Waals surface area contributed by atoms with Crippen molar-refractivity contribution in [2.75, 3.05) is 0 Å². The van der Waals surface area contributed by atoms with Crippen molar-refractivity contribution in [3.05, 3.63) is 71.1 Å². The van der Waals surface area contributed by atoms with Crippen LogP contribution >= 0.6 is 0 Å². The molecule has 6 nitrogen and oxygen atoms in total. The number of hydrogen-bond acceptors (Lipinski definition) is 5. The molecular weight excluding hydrogens is 352 g/mol. The minimum absolute atomic E-state index is 0.0306. The maximum Gasteiger partial charge on any atom is 0.269 e. The van der Waals surface area contributed by atoms with Crippen molar-refractivity contribution < 1.29 is 17.6 Å². The highest BCUT2D eigenvalue weighted by atomic mass is 32.2. The van der Waals surface area contributed by atoms with E-state index in [2.05, 4.69) is 4.98 Å². The van der Waals surface area contributed by atoms with E-state index < -0.39 is 15.9 Å². The Morgan fingerprint density at radius 2 is 1.85 bits per heavy atom. The van der Waals surface area contributed by atoms with Crippen LogP contribution in [0.2, 0.25) is 0 Å². The Labute approximate surface area is 151 Å². The second-order valence-electron chi connectivity index (χ2n) is 6.28. The van der Waals surface area contributed by atoms with Crippen molar-refractivity contribution in [2.24, 2.45) is 0 Å². The quantitative estimate of drug-likeness (QED) is 0.708. The van der Waals surface area contributed by atoms with Gasteiger partial charge in [0.1, 0.15) is 16.9 Å². The summed E-state index contributed by atoms with van der Waals surface area (Å²) in [5, 5.41) is 0. The smallest absolute Gasteiger partial charge is 0.269 e. The molecule has 0 saturated heterocycles. The molecule has 1 aliphatic rings. The molecule has 0 radical (unpaired) electrons. The van der Waals surface area contributed by atoms with Crippen LogP contribution in [0.4, 0.5) is 0 Å². The SMILES string of the molecule is Cc1ccc(-c2nc(CN3C(=O)c4ccccc4S3(=O)=O)co2)c(C)c1. The van der Waals surface area contributed by atoms with Crippen molar-refractivity contribution in [2.45, 2.75) is 25.3 Å². The highest BCUT2D eigenvalue weighted by Crippen LogP contribution is 2.32. The third-order valence-electron chi connectivity index (χ3n) is 4.38. The first kappa shape index (κ1) is 16.5. The van der Waals surface area contributed by atoms with Gasteiger partial charge in [-0.25, -0.2) is 17.7 Å². The molecule has 0 unspecified atom stereocenters. The number of oxazole rings is 1. The normalized spacial score (nSPS) is 15.3. The maximum absolute atomic E-state index is 12.6. The summed E-state index contributed by atoms with van der Waals surface area (Å²) in [6.45, 7) is 3.79. The molecule has 1 amide bonds. The Hall–Kier alpha value is -2.93. The van der Waals surface area contributed by atoms with Crippen LogP contribution in [-0.4, -0.2) is 23.6 Å². The zero-order valence-electron chi connectivity index (χ0n) is 14.3. The summed E-state index contributed by atoms with van der Waals surface area (Å²) in [7, 11) is -3.86. The molecule has 132 valence electrons. The average molecular weight is 368 g/mol. The standard InChI is InChI=1S/C19H16N2O4S/c1-12-7-8-15(13(2)9-12)18-20-14(11-25-18)10-21-19(22)16-5-3-4-6-17(16)26(21,23)24/h3-9,11H,10H2,1-2H3. The third kappa shape index (κ3) is 2.52. The first-order chi connectivity index (χ1) is 12.4. The number of hydrogen-bond donors (Lipinski definition) is 0. The molecule has 0 bridgehead atoms. The number of carbonyl (C=O) groups is 1. The molecule has 0 aliphatic carbocycles. The van der Waals surface area contributed by atoms with E-state index in [1.54, 1.807) is 12.1 Å². The summed E-state index contributed by atoms with van der Waals surface area (Å²) < 4.78 is 31.6. The van der Waals surface area contributed by atoms with Gasteiger partial charge < -0.3 is 4.42 Å². The molecule has 2 heterocycles. The third-order valence-corrected chi connectivity index (χ3v) is 6.17. The van der Waals surface area contributed by atoms with E-state index in [0.717, 1.165) is 21.0 Å². The molecule has 0 fully saturated rings. The molecule has 4 rings (SSSR count). The topological polar surface area (TPSA) is 80.5 Å². The zero-order chi connectivity index (χ0) is 18.5. The molecule has 1 aliphatic heterocycles. The van der Waals surface area contributed by atoms with Gasteiger partial charge in [-0.3, -0.25) is 4.79 Å². The Kier molecular flexibility index (Phi) is 3.69. The van der Waals surface area contributed by atoms with Crippen LogP contribution in [0.3, 0.4) is 0 Å². The number of amides is 1. The number of aromatic nitrogens is 1. The van der Waals surface area contributed by atoms with Crippen LogP contribution in [-0.2, 0) is 16.6 Å². The maximum atomic E-state index is 12.6. The van der Waals surface area contributed by atoms with Crippen molar-refractivity contribution in [3.8, 4) is 11.5 Å². The van der Waals surface area contributed by atoms with Crippen molar-refractivity contribution in [3.63, 3.8) is 0 Å². The second-order valence-corrected chi connectivity index (χ2v) is 8.11. The van der Waals surface area contributed by atoms with Gasteiger partial charge in [0.05, 0.1) is 12.1 Å². The van der Waals surface area contributed by atoms with Crippen LogP contribution in [0.1, 0.15) is 27.2 Å². The van der Waals surface area contributed by atoms with Gasteiger partial charge in [0.2, 0.25) is 5.89 Å². The van der Waals surface area contributed by atoms with Gasteiger partial charge in [-0.05, 0) is 37.6 Å². The Balaban J connectivity index is 1.66. The number of sulfonamides is 1. The average Bonchev–Trinajstić information content (AvgIpc) is 3.13. The van der Waals surface area contributed by atoms with Crippen LogP contribution < -0.4 is 0 Å². The summed E-state index contributed by atoms with van der Waals surface area (Å²) in [5.74, 6) is -0.143. The van der Waals surface area contributed by atoms with E-state index in [-0.39, 0.29) is 17.0 Å². The predicted octanol–water partition coefficient (Wildman–Crippen LogP) is 3.30. The van der Waals surface area contributed by atoms with Crippen molar-refractivity contribution >= 4 is 15.9 Å². The lowest BCUT2D eigenvalue weighted by Crippen LogP contribution is -2.29. The highest BCUT2D eigenvalue weighted by Gasteiger charge is 2.41. The summed E-state index contributed by atoms with van der Waals surface area (Å²) in [5.41, 5.74) is 3.54. The molecule has 0 atom stereocenters. The zero-order valence-corrected chi connectivity index (χ0v) is 15.1. The van der Waals surface area contributed by atoms with E-state index in [4.69, 9.17) is 4.42 Å². The molecule has 1 aromatic heterocycles. The first-order valence-electron chi connectivity index (χ1n) is 8.06. The molecule has 0 N–H and O–H groups in total. The first-order valence-corrected chi connectivity index (χ1v) is 9.50. The minimum Gasteiger partial charge on any atom is -0.444 e. The molecule has 0 spiro atoms. The van der Waals surface area contributed by atoms with Gasteiger partial charge >= 0.3 is 0 Å². The van der Waals surface area contributed by atoms with Gasteiger partial charge in [0, 0.05) is 5.56 Å². The van der Waals surface area contributed by atoms with Crippen molar-refractivity contribution in [1.29, 1.82) is 0 Å². The van der Waals surface area contributed by atoms with E-state index >= 15 is 0 Å². The summed E-state index contributed by atoms with van der Waals surface area (Å²) in [6, 6.07) is 12.1. The Bertz CT molecular complexity index is 1130. The van der Waals surface area contributed by atoms with Gasteiger partial charge in [0.15, 0.2) is 0 Å². The predicted molar refractivity (Wildman–Crippen MR) is 94.9 cm³/mol. The summed E-state index contributed by atoms with van der Waals surface area (Å²) in [6.07, 6.45) is 1.39. The molecular formula is C19H16N2O4S. The van der Waals surface area contributed by atoms with E-state index in [1.165, 1.54) is 18.4 Å². The fourth-order valence-electron chi connectivity index (χ4n) is 3.09. The Morgan fingerprint density at radius 1 is 1.08 bits per heavy atom. The largest absolute Gasteiger partial charge is 0.444 e.